The van der Waals surface area contributed by atoms with Gasteiger partial charge in [0.15, 0.2) is 5.78 Å². The molecule has 4 nitrogen and oxygen atoms in total. The van der Waals surface area contributed by atoms with Crippen molar-refractivity contribution in [3.63, 3.8) is 0 Å². The maximum absolute atomic E-state index is 12.8. The average Bonchev–Trinajstić information content (AvgIpc) is 2.47. The first-order valence-electron chi connectivity index (χ1n) is 8.08. The fourth-order valence-electron chi connectivity index (χ4n) is 2.86. The van der Waals surface area contributed by atoms with Crippen LogP contribution in [-0.4, -0.2) is 23.1 Å². The van der Waals surface area contributed by atoms with Gasteiger partial charge in [0.25, 0.3) is 0 Å². The zero-order chi connectivity index (χ0) is 17.3. The largest absolute Gasteiger partial charge is 0.291 e. The molecule has 1 unspecified atom stereocenters. The summed E-state index contributed by atoms with van der Waals surface area (Å²) in [5.41, 5.74) is -2.92. The van der Waals surface area contributed by atoms with Crippen molar-refractivity contribution < 1.29 is 19.2 Å². The lowest BCUT2D eigenvalue weighted by atomic mass is 9.61. The summed E-state index contributed by atoms with van der Waals surface area (Å²) in [6, 6.07) is 0. The molecule has 0 amide bonds. The SMILES string of the molecule is CCCCC1(C)C(=O)C(=O)CCC(C)(C)C(C)(C)C(=O)C1=O. The van der Waals surface area contributed by atoms with E-state index in [1.54, 1.807) is 13.8 Å². The van der Waals surface area contributed by atoms with Gasteiger partial charge in [-0.25, -0.2) is 0 Å². The third-order valence-electron chi connectivity index (χ3n) is 5.73. The highest BCUT2D eigenvalue weighted by Crippen LogP contribution is 2.46. The molecule has 0 heterocycles. The number of rotatable bonds is 3. The Balaban J connectivity index is 3.43. The molecular formula is C18H28O4. The van der Waals surface area contributed by atoms with Gasteiger partial charge in [0.05, 0.1) is 0 Å². The molecule has 1 rings (SSSR count). The summed E-state index contributed by atoms with van der Waals surface area (Å²) in [5.74, 6) is -2.43. The van der Waals surface area contributed by atoms with Crippen molar-refractivity contribution in [3.8, 4) is 0 Å². The Morgan fingerprint density at radius 3 is 1.91 bits per heavy atom. The molecule has 22 heavy (non-hydrogen) atoms. The van der Waals surface area contributed by atoms with E-state index < -0.39 is 39.4 Å². The van der Waals surface area contributed by atoms with E-state index in [2.05, 4.69) is 0 Å². The van der Waals surface area contributed by atoms with E-state index in [9.17, 15) is 19.2 Å². The molecule has 0 aromatic heterocycles. The maximum atomic E-state index is 12.8. The normalized spacial score (nSPS) is 29.0. The van der Waals surface area contributed by atoms with Crippen molar-refractivity contribution in [1.29, 1.82) is 0 Å². The van der Waals surface area contributed by atoms with Crippen LogP contribution in [0.25, 0.3) is 0 Å². The number of hydrogen-bond donors (Lipinski definition) is 0. The zero-order valence-corrected chi connectivity index (χ0v) is 14.7. The number of carbonyl (C=O) groups excluding carboxylic acids is 4. The summed E-state index contributed by atoms with van der Waals surface area (Å²) < 4.78 is 0. The first-order chi connectivity index (χ1) is 9.91. The Morgan fingerprint density at radius 2 is 1.41 bits per heavy atom. The van der Waals surface area contributed by atoms with Gasteiger partial charge in [-0.3, -0.25) is 19.2 Å². The van der Waals surface area contributed by atoms with Crippen LogP contribution in [-0.2, 0) is 19.2 Å². The topological polar surface area (TPSA) is 68.3 Å². The van der Waals surface area contributed by atoms with Gasteiger partial charge in [-0.05, 0) is 25.2 Å². The van der Waals surface area contributed by atoms with E-state index in [1.165, 1.54) is 6.92 Å². The van der Waals surface area contributed by atoms with Gasteiger partial charge < -0.3 is 0 Å². The molecule has 0 radical (unpaired) electrons. The van der Waals surface area contributed by atoms with Crippen molar-refractivity contribution in [2.45, 2.75) is 73.6 Å². The van der Waals surface area contributed by atoms with Gasteiger partial charge in [-0.15, -0.1) is 0 Å². The van der Waals surface area contributed by atoms with Gasteiger partial charge >= 0.3 is 0 Å². The standard InChI is InChI=1S/C18H28O4/c1-7-8-10-18(6)13(20)12(19)9-11-16(2,3)17(4,5)14(21)15(18)22/h7-11H2,1-6H3. The molecule has 1 aliphatic rings. The molecule has 1 aliphatic carbocycles. The van der Waals surface area contributed by atoms with Crippen LogP contribution in [0, 0.1) is 16.2 Å². The van der Waals surface area contributed by atoms with E-state index in [0.717, 1.165) is 6.42 Å². The minimum absolute atomic E-state index is 0.0948. The second-order valence-electron chi connectivity index (χ2n) is 7.86. The first-order valence-corrected chi connectivity index (χ1v) is 8.08. The summed E-state index contributed by atoms with van der Waals surface area (Å²) in [5, 5.41) is 0. The average molecular weight is 308 g/mol. The molecule has 0 N–H and O–H groups in total. The lowest BCUT2D eigenvalue weighted by Crippen LogP contribution is -2.49. The fourth-order valence-corrected chi connectivity index (χ4v) is 2.86. The summed E-state index contributed by atoms with van der Waals surface area (Å²) in [7, 11) is 0. The second kappa shape index (κ2) is 6.05. The monoisotopic (exact) mass is 308 g/mol. The Kier molecular flexibility index (Phi) is 5.15. The second-order valence-corrected chi connectivity index (χ2v) is 7.86. The van der Waals surface area contributed by atoms with Gasteiger partial charge in [-0.2, -0.15) is 0 Å². The molecular weight excluding hydrogens is 280 g/mol. The summed E-state index contributed by atoms with van der Waals surface area (Å²) in [6.07, 6.45) is 2.21. The highest BCUT2D eigenvalue weighted by atomic mass is 16.2. The Morgan fingerprint density at radius 1 is 0.864 bits per heavy atom. The Labute approximate surface area is 133 Å². The molecule has 1 atom stereocenters. The molecule has 4 heteroatoms. The quantitative estimate of drug-likeness (QED) is 0.592. The van der Waals surface area contributed by atoms with E-state index in [4.69, 9.17) is 0 Å². The van der Waals surface area contributed by atoms with Crippen molar-refractivity contribution in [1.82, 2.24) is 0 Å². The minimum Gasteiger partial charge on any atom is -0.291 e. The van der Waals surface area contributed by atoms with E-state index in [0.29, 0.717) is 12.8 Å². The van der Waals surface area contributed by atoms with Crippen molar-refractivity contribution in [2.75, 3.05) is 0 Å². The van der Waals surface area contributed by atoms with Crippen LogP contribution in [0.5, 0.6) is 0 Å². The molecule has 124 valence electrons. The van der Waals surface area contributed by atoms with Crippen molar-refractivity contribution in [3.05, 3.63) is 0 Å². The Hall–Kier alpha value is -1.32. The van der Waals surface area contributed by atoms with Gasteiger partial charge in [0.1, 0.15) is 5.41 Å². The minimum atomic E-state index is -1.50. The third-order valence-corrected chi connectivity index (χ3v) is 5.73. The molecule has 1 saturated carbocycles. The van der Waals surface area contributed by atoms with Gasteiger partial charge in [0, 0.05) is 11.8 Å². The van der Waals surface area contributed by atoms with Crippen LogP contribution in [0.2, 0.25) is 0 Å². The molecule has 0 aliphatic heterocycles. The van der Waals surface area contributed by atoms with Crippen LogP contribution in [0.15, 0.2) is 0 Å². The summed E-state index contributed by atoms with van der Waals surface area (Å²) >= 11 is 0. The maximum Gasteiger partial charge on any atom is 0.212 e. The van der Waals surface area contributed by atoms with Gasteiger partial charge in [-0.1, -0.05) is 47.5 Å². The predicted molar refractivity (Wildman–Crippen MR) is 84.5 cm³/mol. The predicted octanol–water partition coefficient (Wildman–Crippen LogP) is 3.31. The van der Waals surface area contributed by atoms with Crippen LogP contribution >= 0.6 is 0 Å². The number of Topliss-reactive ketones (excluding diaryl/α,β-unsaturated/α-hetero) is 4. The molecule has 0 saturated heterocycles. The fraction of sp³-hybridized carbons (Fsp3) is 0.778. The van der Waals surface area contributed by atoms with E-state index >= 15 is 0 Å². The summed E-state index contributed by atoms with van der Waals surface area (Å²) in [6.45, 7) is 10.7. The smallest absolute Gasteiger partial charge is 0.212 e. The number of unbranched alkanes of at least 4 members (excludes halogenated alkanes) is 1. The number of ketones is 4. The zero-order valence-electron chi connectivity index (χ0n) is 14.7. The number of hydrogen-bond acceptors (Lipinski definition) is 4. The highest BCUT2D eigenvalue weighted by Gasteiger charge is 2.54. The molecule has 0 aromatic carbocycles. The van der Waals surface area contributed by atoms with E-state index in [-0.39, 0.29) is 12.8 Å². The van der Waals surface area contributed by atoms with Crippen LogP contribution in [0.1, 0.15) is 73.6 Å². The van der Waals surface area contributed by atoms with Crippen molar-refractivity contribution >= 4 is 23.1 Å². The first kappa shape index (κ1) is 18.7. The molecule has 0 bridgehead atoms. The summed E-state index contributed by atoms with van der Waals surface area (Å²) in [4.78, 5) is 50.4. The van der Waals surface area contributed by atoms with Crippen LogP contribution in [0.3, 0.4) is 0 Å². The molecule has 0 spiro atoms. The van der Waals surface area contributed by atoms with Crippen LogP contribution in [0.4, 0.5) is 0 Å². The third kappa shape index (κ3) is 2.92. The van der Waals surface area contributed by atoms with Crippen molar-refractivity contribution in [2.24, 2.45) is 16.2 Å². The van der Waals surface area contributed by atoms with Crippen LogP contribution < -0.4 is 0 Å². The lowest BCUT2D eigenvalue weighted by molar-refractivity contribution is -0.155. The van der Waals surface area contributed by atoms with Gasteiger partial charge in [0.2, 0.25) is 17.3 Å². The Bertz CT molecular complexity index is 513. The number of carbonyl (C=O) groups is 4. The molecule has 0 aromatic rings. The lowest BCUT2D eigenvalue weighted by Gasteiger charge is -2.40. The molecule has 1 fully saturated rings. The van der Waals surface area contributed by atoms with E-state index in [1.807, 2.05) is 20.8 Å². The highest BCUT2D eigenvalue weighted by molar-refractivity contribution is 6.52.